The molecule has 2 unspecified atom stereocenters. The largest absolute Gasteiger partial charge is 0.497 e. The summed E-state index contributed by atoms with van der Waals surface area (Å²) in [6.07, 6.45) is 1.70. The lowest BCUT2D eigenvalue weighted by Gasteiger charge is -2.26. The minimum Gasteiger partial charge on any atom is -0.497 e. The number of anilines is 1. The molecule has 1 fully saturated rings. The standard InChI is InChI=1S/C33H25N3O7S/c1-41-23-9-11-25(12-10-23)42-24-7-5-22(6-8-24)36-30(29(35-33(36)44)26-4-2-3-15-34-26)28-14-13-27(43-28)19-16-20(31(37)38)18-21(17-19)32(39)40/h2-18,29-30H,1H3,(H,35,44)(H,37,38)(H,39,40). The maximum atomic E-state index is 11.7. The summed E-state index contributed by atoms with van der Waals surface area (Å²) in [5, 5.41) is 22.9. The average molecular weight is 608 g/mol. The number of methoxy groups -OCH3 is 1. The van der Waals surface area contributed by atoms with E-state index in [0.717, 1.165) is 23.2 Å². The first kappa shape index (κ1) is 28.4. The summed E-state index contributed by atoms with van der Waals surface area (Å²) in [7, 11) is 1.60. The van der Waals surface area contributed by atoms with E-state index in [4.69, 9.17) is 26.1 Å². The molecule has 44 heavy (non-hydrogen) atoms. The van der Waals surface area contributed by atoms with E-state index in [0.29, 0.717) is 33.7 Å². The van der Waals surface area contributed by atoms with E-state index in [2.05, 4.69) is 10.3 Å². The molecule has 10 nitrogen and oxygen atoms in total. The van der Waals surface area contributed by atoms with Gasteiger partial charge < -0.3 is 34.3 Å². The number of nitrogens with one attached hydrogen (secondary N) is 1. The van der Waals surface area contributed by atoms with E-state index in [1.54, 1.807) is 25.4 Å². The van der Waals surface area contributed by atoms with Crippen LogP contribution in [0.2, 0.25) is 0 Å². The van der Waals surface area contributed by atoms with Crippen molar-refractivity contribution < 1.29 is 33.7 Å². The Morgan fingerprint density at radius 2 is 1.50 bits per heavy atom. The van der Waals surface area contributed by atoms with Gasteiger partial charge in [0.15, 0.2) is 5.11 Å². The maximum absolute atomic E-state index is 11.7. The van der Waals surface area contributed by atoms with Gasteiger partial charge in [0.25, 0.3) is 0 Å². The van der Waals surface area contributed by atoms with Crippen LogP contribution >= 0.6 is 12.2 Å². The summed E-state index contributed by atoms with van der Waals surface area (Å²) in [5.41, 5.74) is 1.51. The van der Waals surface area contributed by atoms with Crippen molar-refractivity contribution >= 4 is 35.0 Å². The lowest BCUT2D eigenvalue weighted by molar-refractivity contribution is 0.0696. The number of thiocarbonyl (C=S) groups is 1. The molecule has 0 saturated carbocycles. The molecule has 1 aliphatic rings. The molecule has 0 spiro atoms. The zero-order chi connectivity index (χ0) is 30.8. The number of nitrogens with zero attached hydrogens (tertiary/aromatic N) is 2. The summed E-state index contributed by atoms with van der Waals surface area (Å²) < 4.78 is 17.5. The van der Waals surface area contributed by atoms with E-state index in [1.807, 2.05) is 71.6 Å². The fourth-order valence-corrected chi connectivity index (χ4v) is 5.41. The molecule has 2 aromatic heterocycles. The van der Waals surface area contributed by atoms with Crippen molar-refractivity contribution in [2.75, 3.05) is 12.0 Å². The van der Waals surface area contributed by atoms with Gasteiger partial charge in [0, 0.05) is 17.4 Å². The summed E-state index contributed by atoms with van der Waals surface area (Å²) >= 11 is 5.80. The third kappa shape index (κ3) is 5.68. The zero-order valence-corrected chi connectivity index (χ0v) is 24.0. The highest BCUT2D eigenvalue weighted by Crippen LogP contribution is 2.43. The summed E-state index contributed by atoms with van der Waals surface area (Å²) in [6, 6.07) is 26.8. The van der Waals surface area contributed by atoms with Crippen LogP contribution in [0, 0.1) is 0 Å². The zero-order valence-electron chi connectivity index (χ0n) is 23.2. The predicted octanol–water partition coefficient (Wildman–Crippen LogP) is 6.72. The number of carbonyl (C=O) groups is 2. The Labute approximate surface area is 257 Å². The van der Waals surface area contributed by atoms with Gasteiger partial charge in [0.1, 0.15) is 34.8 Å². The van der Waals surface area contributed by atoms with Crippen molar-refractivity contribution in [2.24, 2.45) is 0 Å². The van der Waals surface area contributed by atoms with Crippen LogP contribution in [0.4, 0.5) is 5.69 Å². The normalized spacial score (nSPS) is 15.9. The minimum absolute atomic E-state index is 0.161. The molecular formula is C33H25N3O7S. The summed E-state index contributed by atoms with van der Waals surface area (Å²) in [4.78, 5) is 29.8. The highest BCUT2D eigenvalue weighted by molar-refractivity contribution is 7.80. The number of carboxylic acids is 2. The highest BCUT2D eigenvalue weighted by Gasteiger charge is 2.42. The van der Waals surface area contributed by atoms with Crippen LogP contribution in [0.5, 0.6) is 17.2 Å². The second-order valence-electron chi connectivity index (χ2n) is 9.88. The van der Waals surface area contributed by atoms with Crippen LogP contribution in [0.3, 0.4) is 0 Å². The van der Waals surface area contributed by atoms with Crippen LogP contribution in [-0.4, -0.2) is 39.4 Å². The second kappa shape index (κ2) is 11.9. The molecule has 0 radical (unpaired) electrons. The maximum Gasteiger partial charge on any atom is 0.335 e. The van der Waals surface area contributed by atoms with E-state index in [-0.39, 0.29) is 11.1 Å². The topological polar surface area (TPSA) is 134 Å². The monoisotopic (exact) mass is 607 g/mol. The van der Waals surface area contributed by atoms with Gasteiger partial charge in [-0.25, -0.2) is 9.59 Å². The van der Waals surface area contributed by atoms with Crippen LogP contribution in [0.1, 0.15) is 44.3 Å². The van der Waals surface area contributed by atoms with Gasteiger partial charge in [-0.15, -0.1) is 0 Å². The molecule has 0 amide bonds. The highest BCUT2D eigenvalue weighted by atomic mass is 32.1. The minimum atomic E-state index is -1.24. The molecule has 0 bridgehead atoms. The Kier molecular flexibility index (Phi) is 7.69. The quantitative estimate of drug-likeness (QED) is 0.154. The number of furan rings is 1. The first-order valence-electron chi connectivity index (χ1n) is 13.4. The Balaban J connectivity index is 1.36. The number of hydrogen-bond acceptors (Lipinski definition) is 7. The number of hydrogen-bond donors (Lipinski definition) is 3. The van der Waals surface area contributed by atoms with Crippen molar-refractivity contribution in [3.63, 3.8) is 0 Å². The van der Waals surface area contributed by atoms with Crippen molar-refractivity contribution in [2.45, 2.75) is 12.1 Å². The van der Waals surface area contributed by atoms with Gasteiger partial charge >= 0.3 is 11.9 Å². The Hall–Kier alpha value is -5.68. The van der Waals surface area contributed by atoms with Gasteiger partial charge in [-0.1, -0.05) is 6.07 Å². The van der Waals surface area contributed by atoms with Crippen LogP contribution in [0.15, 0.2) is 108 Å². The van der Waals surface area contributed by atoms with Gasteiger partial charge in [-0.05, 0) is 103 Å². The third-order valence-corrected chi connectivity index (χ3v) is 7.45. The van der Waals surface area contributed by atoms with E-state index in [9.17, 15) is 19.8 Å². The fourth-order valence-electron chi connectivity index (χ4n) is 5.06. The van der Waals surface area contributed by atoms with Crippen molar-refractivity contribution in [1.82, 2.24) is 10.3 Å². The van der Waals surface area contributed by atoms with Crippen LogP contribution in [0.25, 0.3) is 11.3 Å². The predicted molar refractivity (Wildman–Crippen MR) is 166 cm³/mol. The van der Waals surface area contributed by atoms with Crippen molar-refractivity contribution in [3.05, 3.63) is 126 Å². The second-order valence-corrected chi connectivity index (χ2v) is 10.3. The lowest BCUT2D eigenvalue weighted by Crippen LogP contribution is -2.29. The molecule has 1 saturated heterocycles. The summed E-state index contributed by atoms with van der Waals surface area (Å²) in [6.45, 7) is 0. The first-order valence-corrected chi connectivity index (χ1v) is 13.9. The molecular weight excluding hydrogens is 582 g/mol. The fraction of sp³-hybridized carbons (Fsp3) is 0.0909. The van der Waals surface area contributed by atoms with Gasteiger partial charge in [-0.2, -0.15) is 0 Å². The number of carboxylic acid groups (broad SMARTS) is 2. The number of benzene rings is 3. The summed E-state index contributed by atoms with van der Waals surface area (Å²) in [5.74, 6) is 0.355. The number of aromatic nitrogens is 1. The number of rotatable bonds is 9. The molecule has 0 aliphatic carbocycles. The van der Waals surface area contributed by atoms with Crippen molar-refractivity contribution in [1.29, 1.82) is 0 Å². The molecule has 5 aromatic rings. The Morgan fingerprint density at radius 1 is 0.864 bits per heavy atom. The van der Waals surface area contributed by atoms with Gasteiger partial charge in [0.05, 0.1) is 30.0 Å². The van der Waals surface area contributed by atoms with Gasteiger partial charge in [0.2, 0.25) is 0 Å². The van der Waals surface area contributed by atoms with Crippen molar-refractivity contribution in [3.8, 4) is 28.6 Å². The smallest absolute Gasteiger partial charge is 0.335 e. The first-order chi connectivity index (χ1) is 21.3. The van der Waals surface area contributed by atoms with E-state index >= 15 is 0 Å². The Bertz CT molecular complexity index is 1810. The van der Waals surface area contributed by atoms with Crippen LogP contribution in [-0.2, 0) is 0 Å². The molecule has 3 heterocycles. The number of ether oxygens (including phenoxy) is 2. The third-order valence-electron chi connectivity index (χ3n) is 7.14. The molecule has 2 atom stereocenters. The molecule has 3 aromatic carbocycles. The lowest BCUT2D eigenvalue weighted by atomic mass is 10.0. The molecule has 1 aliphatic heterocycles. The Morgan fingerprint density at radius 3 is 2.09 bits per heavy atom. The SMILES string of the molecule is COc1ccc(Oc2ccc(N3C(=S)NC(c4ccccn4)C3c3ccc(-c4cc(C(=O)O)cc(C(=O)O)c4)o3)cc2)cc1. The van der Waals surface area contributed by atoms with Gasteiger partial charge in [-0.3, -0.25) is 4.98 Å². The average Bonchev–Trinajstić information content (AvgIpc) is 3.67. The van der Waals surface area contributed by atoms with E-state index in [1.165, 1.54) is 12.1 Å². The van der Waals surface area contributed by atoms with E-state index < -0.39 is 24.0 Å². The molecule has 6 rings (SSSR count). The molecule has 3 N–H and O–H groups in total. The molecule has 11 heteroatoms. The molecule has 220 valence electrons. The number of pyridine rings is 1. The van der Waals surface area contributed by atoms with Crippen LogP contribution < -0.4 is 19.7 Å². The number of aromatic carboxylic acids is 2.